The molecule has 0 bridgehead atoms. The zero-order valence-corrected chi connectivity index (χ0v) is 16.0. The molecule has 0 N–H and O–H groups in total. The van der Waals surface area contributed by atoms with Crippen LogP contribution < -0.4 is 0 Å². The number of halogens is 1. The van der Waals surface area contributed by atoms with Gasteiger partial charge in [-0.05, 0) is 98.8 Å². The summed E-state index contributed by atoms with van der Waals surface area (Å²) in [4.78, 5) is 0. The topological polar surface area (TPSA) is 47.6 Å². The largest absolute Gasteiger partial charge is 0.196 e. The van der Waals surface area contributed by atoms with E-state index in [0.29, 0.717) is 18.3 Å². The zero-order valence-electron chi connectivity index (χ0n) is 16.0. The normalized spacial score (nSPS) is 28.9. The summed E-state index contributed by atoms with van der Waals surface area (Å²) in [6.07, 6.45) is 13.5. The molecule has 0 amide bonds. The molecule has 0 radical (unpaired) electrons. The maximum absolute atomic E-state index is 12.9. The molecule has 0 aromatic heterocycles. The third-order valence-electron chi connectivity index (χ3n) is 6.85. The van der Waals surface area contributed by atoms with Crippen molar-refractivity contribution in [1.82, 2.24) is 0 Å². The van der Waals surface area contributed by atoms with Crippen LogP contribution in [0, 0.1) is 40.4 Å². The quantitative estimate of drug-likeness (QED) is 0.540. The van der Waals surface area contributed by atoms with Gasteiger partial charge < -0.3 is 0 Å². The van der Waals surface area contributed by atoms with E-state index in [2.05, 4.69) is 18.2 Å². The standard InChI is InChI=1S/C24H29FN2/c25-24(17-27)3-1-2-18-4-8-20(9-5-18)22-12-14-23(15-13-22)21-10-6-19(16-26)7-11-21/h3,6-7,10-11,18,20,22-23H,1-2,4-5,8-9,12-15H2/b24-3-/t18?,20?,22-,23-. The molecule has 2 aliphatic rings. The maximum Gasteiger partial charge on any atom is 0.196 e. The Hall–Kier alpha value is -2.13. The van der Waals surface area contributed by atoms with Crippen LogP contribution >= 0.6 is 0 Å². The predicted molar refractivity (Wildman–Crippen MR) is 105 cm³/mol. The van der Waals surface area contributed by atoms with Gasteiger partial charge in [0.2, 0.25) is 0 Å². The van der Waals surface area contributed by atoms with Gasteiger partial charge in [0.15, 0.2) is 5.83 Å². The summed E-state index contributed by atoms with van der Waals surface area (Å²) < 4.78 is 12.9. The van der Waals surface area contributed by atoms with Gasteiger partial charge in [-0.15, -0.1) is 0 Å². The van der Waals surface area contributed by atoms with E-state index in [-0.39, 0.29) is 0 Å². The lowest BCUT2D eigenvalue weighted by atomic mass is 9.68. The van der Waals surface area contributed by atoms with E-state index in [1.165, 1.54) is 63.0 Å². The Kier molecular flexibility index (Phi) is 7.05. The summed E-state index contributed by atoms with van der Waals surface area (Å²) in [5, 5.41) is 17.4. The summed E-state index contributed by atoms with van der Waals surface area (Å²) in [5.74, 6) is 2.47. The lowest BCUT2D eigenvalue weighted by molar-refractivity contribution is 0.157. The number of rotatable bonds is 5. The molecule has 1 aromatic carbocycles. The minimum absolute atomic E-state index is 0.636. The van der Waals surface area contributed by atoms with Crippen molar-refractivity contribution in [3.63, 3.8) is 0 Å². The fourth-order valence-corrected chi connectivity index (χ4v) is 5.19. The van der Waals surface area contributed by atoms with Gasteiger partial charge in [-0.3, -0.25) is 0 Å². The van der Waals surface area contributed by atoms with Gasteiger partial charge in [-0.2, -0.15) is 14.9 Å². The molecule has 2 nitrogen and oxygen atoms in total. The molecule has 0 unspecified atom stereocenters. The highest BCUT2D eigenvalue weighted by atomic mass is 19.1. The van der Waals surface area contributed by atoms with Crippen LogP contribution in [0.3, 0.4) is 0 Å². The van der Waals surface area contributed by atoms with Crippen molar-refractivity contribution in [2.24, 2.45) is 17.8 Å². The molecule has 0 saturated heterocycles. The molecule has 0 spiro atoms. The monoisotopic (exact) mass is 364 g/mol. The summed E-state index contributed by atoms with van der Waals surface area (Å²) in [6.45, 7) is 0. The Morgan fingerprint density at radius 1 is 0.926 bits per heavy atom. The Balaban J connectivity index is 1.40. The van der Waals surface area contributed by atoms with E-state index < -0.39 is 5.83 Å². The van der Waals surface area contributed by atoms with Gasteiger partial charge >= 0.3 is 0 Å². The minimum Gasteiger partial charge on any atom is -0.195 e. The predicted octanol–water partition coefficient (Wildman–Crippen LogP) is 6.80. The van der Waals surface area contributed by atoms with Crippen LogP contribution in [0.5, 0.6) is 0 Å². The lowest BCUT2D eigenvalue weighted by Gasteiger charge is -2.38. The van der Waals surface area contributed by atoms with E-state index >= 15 is 0 Å². The van der Waals surface area contributed by atoms with Gasteiger partial charge in [-0.1, -0.05) is 25.0 Å². The number of hydrogen-bond donors (Lipinski definition) is 0. The van der Waals surface area contributed by atoms with E-state index in [1.807, 2.05) is 12.1 Å². The Morgan fingerprint density at radius 2 is 1.52 bits per heavy atom. The average molecular weight is 365 g/mol. The van der Waals surface area contributed by atoms with Gasteiger partial charge in [0, 0.05) is 0 Å². The van der Waals surface area contributed by atoms with Crippen LogP contribution in [0.4, 0.5) is 4.39 Å². The summed E-state index contributed by atoms with van der Waals surface area (Å²) in [7, 11) is 0. The summed E-state index contributed by atoms with van der Waals surface area (Å²) >= 11 is 0. The molecule has 3 heteroatoms. The molecule has 0 aliphatic heterocycles. The second kappa shape index (κ2) is 9.70. The molecule has 3 rings (SSSR count). The average Bonchev–Trinajstić information content (AvgIpc) is 2.74. The third-order valence-corrected chi connectivity index (χ3v) is 6.85. The molecule has 2 fully saturated rings. The highest BCUT2D eigenvalue weighted by molar-refractivity contribution is 5.33. The number of nitrogens with zero attached hydrogens (tertiary/aromatic N) is 2. The molecule has 2 aliphatic carbocycles. The van der Waals surface area contributed by atoms with Crippen LogP contribution in [0.25, 0.3) is 0 Å². The summed E-state index contributed by atoms with van der Waals surface area (Å²) in [6, 6.07) is 11.9. The number of nitriles is 2. The number of allylic oxidation sites excluding steroid dienone is 2. The fourth-order valence-electron chi connectivity index (χ4n) is 5.19. The molecule has 142 valence electrons. The zero-order chi connectivity index (χ0) is 19.1. The van der Waals surface area contributed by atoms with Crippen LogP contribution in [-0.2, 0) is 0 Å². The van der Waals surface area contributed by atoms with Crippen LogP contribution in [0.15, 0.2) is 36.2 Å². The number of hydrogen-bond acceptors (Lipinski definition) is 2. The van der Waals surface area contributed by atoms with Crippen molar-refractivity contribution < 1.29 is 4.39 Å². The first kappa shape index (κ1) is 19.6. The Morgan fingerprint density at radius 3 is 2.07 bits per heavy atom. The van der Waals surface area contributed by atoms with Gasteiger partial charge in [0.1, 0.15) is 6.07 Å². The third kappa shape index (κ3) is 5.43. The highest BCUT2D eigenvalue weighted by Crippen LogP contribution is 2.44. The molecule has 0 atom stereocenters. The Labute approximate surface area is 162 Å². The van der Waals surface area contributed by atoms with Crippen LogP contribution in [-0.4, -0.2) is 0 Å². The second-order valence-electron chi connectivity index (χ2n) is 8.37. The molecule has 2 saturated carbocycles. The first-order valence-corrected chi connectivity index (χ1v) is 10.5. The van der Waals surface area contributed by atoms with Crippen molar-refractivity contribution in [3.05, 3.63) is 47.3 Å². The first-order chi connectivity index (χ1) is 13.2. The van der Waals surface area contributed by atoms with Gasteiger partial charge in [-0.25, -0.2) is 0 Å². The van der Waals surface area contributed by atoms with Gasteiger partial charge in [0.05, 0.1) is 11.6 Å². The fraction of sp³-hybridized carbons (Fsp3) is 0.583. The smallest absolute Gasteiger partial charge is 0.195 e. The van der Waals surface area contributed by atoms with Crippen molar-refractivity contribution in [1.29, 1.82) is 10.5 Å². The van der Waals surface area contributed by atoms with Gasteiger partial charge in [0.25, 0.3) is 0 Å². The van der Waals surface area contributed by atoms with Crippen LogP contribution in [0.2, 0.25) is 0 Å². The van der Waals surface area contributed by atoms with E-state index in [4.69, 9.17) is 10.5 Å². The van der Waals surface area contributed by atoms with E-state index in [1.54, 1.807) is 6.07 Å². The summed E-state index contributed by atoms with van der Waals surface area (Å²) in [5.41, 5.74) is 2.14. The van der Waals surface area contributed by atoms with Crippen molar-refractivity contribution >= 4 is 0 Å². The number of benzene rings is 1. The minimum atomic E-state index is -0.636. The van der Waals surface area contributed by atoms with Crippen molar-refractivity contribution in [2.45, 2.75) is 70.1 Å². The first-order valence-electron chi connectivity index (χ1n) is 10.5. The van der Waals surface area contributed by atoms with Crippen molar-refractivity contribution in [2.75, 3.05) is 0 Å². The SMILES string of the molecule is N#C/C(F)=C/CCC1CCC([C@H]2CC[C@H](c3ccc(C#N)cc3)CC2)CC1. The molecule has 1 aromatic rings. The van der Waals surface area contributed by atoms with E-state index in [0.717, 1.165) is 23.8 Å². The second-order valence-corrected chi connectivity index (χ2v) is 8.37. The molecule has 0 heterocycles. The highest BCUT2D eigenvalue weighted by Gasteiger charge is 2.31. The van der Waals surface area contributed by atoms with Crippen molar-refractivity contribution in [3.8, 4) is 12.1 Å². The molecular weight excluding hydrogens is 335 g/mol. The maximum atomic E-state index is 12.9. The molecule has 27 heavy (non-hydrogen) atoms. The lowest BCUT2D eigenvalue weighted by Crippen LogP contribution is -2.25. The Bertz CT molecular complexity index is 706. The van der Waals surface area contributed by atoms with Crippen LogP contribution in [0.1, 0.15) is 81.3 Å². The van der Waals surface area contributed by atoms with E-state index in [9.17, 15) is 4.39 Å². The molecular formula is C24H29FN2.